The molecule has 2 heterocycles. The van der Waals surface area contributed by atoms with Crippen LogP contribution < -0.4 is 5.14 Å². The molecule has 1 aromatic carbocycles. The summed E-state index contributed by atoms with van der Waals surface area (Å²) in [5.74, 6) is -1.03. The number of hydrogen-bond donors (Lipinski definition) is 2. The number of sulfonamides is 1. The first kappa shape index (κ1) is 15.1. The second-order valence-corrected chi connectivity index (χ2v) is 6.45. The van der Waals surface area contributed by atoms with E-state index in [0.717, 1.165) is 0 Å². The summed E-state index contributed by atoms with van der Waals surface area (Å²) in [4.78, 5) is 15.0. The minimum Gasteiger partial charge on any atom is -0.478 e. The van der Waals surface area contributed by atoms with E-state index in [-0.39, 0.29) is 21.8 Å². The molecule has 0 spiro atoms. The number of aryl methyl sites for hydroxylation is 1. The number of carboxylic acids is 1. The van der Waals surface area contributed by atoms with Crippen molar-refractivity contribution in [3.8, 4) is 11.1 Å². The Kier molecular flexibility index (Phi) is 3.38. The summed E-state index contributed by atoms with van der Waals surface area (Å²) in [6, 6.07) is 6.33. The van der Waals surface area contributed by atoms with E-state index in [2.05, 4.69) is 10.1 Å². The van der Waals surface area contributed by atoms with Gasteiger partial charge in [-0.15, -0.1) is 0 Å². The molecular formula is C14H12N4O4S. The number of carboxylic acid groups (broad SMARTS) is 1. The highest BCUT2D eigenvalue weighted by atomic mass is 32.2. The fourth-order valence-corrected chi connectivity index (χ4v) is 3.19. The predicted molar refractivity (Wildman–Crippen MR) is 81.5 cm³/mol. The van der Waals surface area contributed by atoms with E-state index in [1.54, 1.807) is 18.3 Å². The van der Waals surface area contributed by atoms with Gasteiger partial charge >= 0.3 is 5.97 Å². The average molecular weight is 332 g/mol. The first-order valence-electron chi connectivity index (χ1n) is 6.49. The molecule has 0 bridgehead atoms. The maximum absolute atomic E-state index is 11.6. The van der Waals surface area contributed by atoms with Crippen LogP contribution in [0.4, 0.5) is 0 Å². The number of carbonyl (C=O) groups is 1. The van der Waals surface area contributed by atoms with Crippen LogP contribution in [0.2, 0.25) is 0 Å². The zero-order valence-electron chi connectivity index (χ0n) is 12.0. The Labute approximate surface area is 131 Å². The molecule has 0 amide bonds. The predicted octanol–water partition coefficient (Wildman–Crippen LogP) is 1.05. The van der Waals surface area contributed by atoms with Crippen molar-refractivity contribution < 1.29 is 18.3 Å². The monoisotopic (exact) mass is 332 g/mol. The normalized spacial score (nSPS) is 11.7. The van der Waals surface area contributed by atoms with Crippen molar-refractivity contribution in [2.24, 2.45) is 5.14 Å². The molecule has 0 aliphatic carbocycles. The van der Waals surface area contributed by atoms with Crippen LogP contribution in [0.25, 0.3) is 16.8 Å². The lowest BCUT2D eigenvalue weighted by atomic mass is 10.1. The Morgan fingerprint density at radius 1 is 1.30 bits per heavy atom. The molecule has 23 heavy (non-hydrogen) atoms. The summed E-state index contributed by atoms with van der Waals surface area (Å²) in [6.45, 7) is 1.53. The van der Waals surface area contributed by atoms with Crippen LogP contribution in [-0.2, 0) is 10.0 Å². The van der Waals surface area contributed by atoms with Crippen LogP contribution in [0.15, 0.2) is 41.6 Å². The molecule has 0 fully saturated rings. The number of rotatable bonds is 3. The number of benzene rings is 1. The van der Waals surface area contributed by atoms with Gasteiger partial charge in [0.2, 0.25) is 10.0 Å². The molecule has 3 rings (SSSR count). The van der Waals surface area contributed by atoms with E-state index >= 15 is 0 Å². The Morgan fingerprint density at radius 3 is 2.70 bits per heavy atom. The molecule has 3 aromatic rings. The molecule has 8 nitrogen and oxygen atoms in total. The maximum Gasteiger partial charge on any atom is 0.335 e. The molecule has 0 saturated heterocycles. The smallest absolute Gasteiger partial charge is 0.335 e. The average Bonchev–Trinajstić information content (AvgIpc) is 2.82. The van der Waals surface area contributed by atoms with Crippen LogP contribution in [0.3, 0.4) is 0 Å². The van der Waals surface area contributed by atoms with Gasteiger partial charge in [-0.05, 0) is 24.6 Å². The van der Waals surface area contributed by atoms with Crippen molar-refractivity contribution in [1.29, 1.82) is 0 Å². The standard InChI is InChI=1S/C14H12N4O4S/c1-8-12(23(15,21)22)13-16-6-11(7-18(13)17-8)9-3-2-4-10(5-9)14(19)20/h2-7H,1H3,(H,19,20)(H2,15,21,22). The van der Waals surface area contributed by atoms with Crippen molar-refractivity contribution in [2.45, 2.75) is 11.8 Å². The summed E-state index contributed by atoms with van der Waals surface area (Å²) in [5.41, 5.74) is 1.75. The first-order chi connectivity index (χ1) is 10.8. The lowest BCUT2D eigenvalue weighted by Gasteiger charge is -2.04. The van der Waals surface area contributed by atoms with Gasteiger partial charge < -0.3 is 5.11 Å². The molecular weight excluding hydrogens is 320 g/mol. The number of nitrogens with two attached hydrogens (primary N) is 1. The van der Waals surface area contributed by atoms with Gasteiger partial charge in [0, 0.05) is 18.0 Å². The number of fused-ring (bicyclic) bond motifs is 1. The van der Waals surface area contributed by atoms with Crippen LogP contribution in [-0.4, -0.2) is 34.1 Å². The molecule has 0 atom stereocenters. The summed E-state index contributed by atoms with van der Waals surface area (Å²) < 4.78 is 24.6. The topological polar surface area (TPSA) is 128 Å². The van der Waals surface area contributed by atoms with Crippen molar-refractivity contribution in [3.05, 3.63) is 47.9 Å². The lowest BCUT2D eigenvalue weighted by Crippen LogP contribution is -2.13. The Morgan fingerprint density at radius 2 is 2.04 bits per heavy atom. The van der Waals surface area contributed by atoms with Gasteiger partial charge in [0.25, 0.3) is 0 Å². The SMILES string of the molecule is Cc1nn2cc(-c3cccc(C(=O)O)c3)cnc2c1S(N)(=O)=O. The minimum atomic E-state index is -3.94. The van der Waals surface area contributed by atoms with E-state index < -0.39 is 16.0 Å². The van der Waals surface area contributed by atoms with Gasteiger partial charge in [0.15, 0.2) is 5.65 Å². The molecule has 9 heteroatoms. The second kappa shape index (κ2) is 5.14. The number of aromatic nitrogens is 3. The van der Waals surface area contributed by atoms with Gasteiger partial charge in [-0.25, -0.2) is 27.9 Å². The van der Waals surface area contributed by atoms with Crippen LogP contribution in [0.5, 0.6) is 0 Å². The molecule has 0 aliphatic rings. The molecule has 0 radical (unpaired) electrons. The van der Waals surface area contributed by atoms with Gasteiger partial charge in [0.05, 0.1) is 11.3 Å². The number of hydrogen-bond acceptors (Lipinski definition) is 5. The third kappa shape index (κ3) is 2.67. The third-order valence-corrected chi connectivity index (χ3v) is 4.37. The van der Waals surface area contributed by atoms with Crippen LogP contribution >= 0.6 is 0 Å². The molecule has 0 unspecified atom stereocenters. The van der Waals surface area contributed by atoms with Crippen molar-refractivity contribution in [1.82, 2.24) is 14.6 Å². The Balaban J connectivity index is 2.19. The van der Waals surface area contributed by atoms with Crippen molar-refractivity contribution >= 4 is 21.6 Å². The van der Waals surface area contributed by atoms with E-state index in [0.29, 0.717) is 11.1 Å². The fraction of sp³-hybridized carbons (Fsp3) is 0.0714. The van der Waals surface area contributed by atoms with Crippen molar-refractivity contribution in [2.75, 3.05) is 0 Å². The number of primary sulfonamides is 1. The van der Waals surface area contributed by atoms with Crippen molar-refractivity contribution in [3.63, 3.8) is 0 Å². The Hall–Kier alpha value is -2.78. The van der Waals surface area contributed by atoms with Crippen LogP contribution in [0, 0.1) is 6.92 Å². The second-order valence-electron chi connectivity index (χ2n) is 4.96. The summed E-state index contributed by atoms with van der Waals surface area (Å²) in [5, 5.41) is 18.3. The number of aromatic carboxylic acids is 1. The van der Waals surface area contributed by atoms with E-state index in [1.165, 1.54) is 29.8 Å². The molecule has 3 N–H and O–H groups in total. The quantitative estimate of drug-likeness (QED) is 0.738. The zero-order valence-corrected chi connectivity index (χ0v) is 12.8. The van der Waals surface area contributed by atoms with Gasteiger partial charge in [-0.2, -0.15) is 5.10 Å². The molecule has 2 aromatic heterocycles. The minimum absolute atomic E-state index is 0.122. The highest BCUT2D eigenvalue weighted by Gasteiger charge is 2.21. The summed E-state index contributed by atoms with van der Waals surface area (Å²) >= 11 is 0. The highest BCUT2D eigenvalue weighted by Crippen LogP contribution is 2.23. The lowest BCUT2D eigenvalue weighted by molar-refractivity contribution is 0.0697. The maximum atomic E-state index is 11.6. The molecule has 118 valence electrons. The summed E-state index contributed by atoms with van der Waals surface area (Å²) in [7, 11) is -3.94. The molecule has 0 aliphatic heterocycles. The highest BCUT2D eigenvalue weighted by molar-refractivity contribution is 7.89. The van der Waals surface area contributed by atoms with E-state index in [1.807, 2.05) is 0 Å². The fourth-order valence-electron chi connectivity index (χ4n) is 2.34. The van der Waals surface area contributed by atoms with E-state index in [4.69, 9.17) is 10.2 Å². The summed E-state index contributed by atoms with van der Waals surface area (Å²) in [6.07, 6.45) is 3.02. The molecule has 0 saturated carbocycles. The van der Waals surface area contributed by atoms with Gasteiger partial charge in [0.1, 0.15) is 4.90 Å². The first-order valence-corrected chi connectivity index (χ1v) is 8.03. The van der Waals surface area contributed by atoms with Crippen LogP contribution in [0.1, 0.15) is 16.1 Å². The zero-order chi connectivity index (χ0) is 16.8. The Bertz CT molecular complexity index is 1040. The third-order valence-electron chi connectivity index (χ3n) is 3.32. The van der Waals surface area contributed by atoms with E-state index in [9.17, 15) is 13.2 Å². The largest absolute Gasteiger partial charge is 0.478 e. The van der Waals surface area contributed by atoms with Gasteiger partial charge in [-0.1, -0.05) is 12.1 Å². The van der Waals surface area contributed by atoms with Gasteiger partial charge in [-0.3, -0.25) is 0 Å². The number of nitrogens with zero attached hydrogens (tertiary/aromatic N) is 3.